The third-order valence-corrected chi connectivity index (χ3v) is 4.18. The molecule has 2 aromatic carbocycles. The third kappa shape index (κ3) is 1.61. The van der Waals surface area contributed by atoms with Crippen LogP contribution in [0.1, 0.15) is 28.4 Å². The van der Waals surface area contributed by atoms with Gasteiger partial charge in [0, 0.05) is 5.56 Å². The molecule has 0 bridgehead atoms. The molecule has 0 saturated carbocycles. The topological polar surface area (TPSA) is 50.4 Å². The molecule has 0 fully saturated rings. The number of hydrogen-bond acceptors (Lipinski definition) is 3. The lowest BCUT2D eigenvalue weighted by Gasteiger charge is -2.08. The van der Waals surface area contributed by atoms with Gasteiger partial charge in [0.1, 0.15) is 23.3 Å². The van der Waals surface area contributed by atoms with Crippen molar-refractivity contribution in [2.24, 2.45) is 0 Å². The van der Waals surface area contributed by atoms with E-state index in [0.29, 0.717) is 27.9 Å². The summed E-state index contributed by atoms with van der Waals surface area (Å²) in [5.41, 5.74) is 3.21. The van der Waals surface area contributed by atoms with Crippen molar-refractivity contribution in [1.29, 1.82) is 0 Å². The summed E-state index contributed by atoms with van der Waals surface area (Å²) in [4.78, 5) is 12.8. The van der Waals surface area contributed by atoms with Crippen LogP contribution in [0.3, 0.4) is 0 Å². The quantitative estimate of drug-likeness (QED) is 0.689. The molecular formula is C18H13FO3. The zero-order chi connectivity index (χ0) is 15.6. The van der Waals surface area contributed by atoms with Crippen LogP contribution in [0.4, 0.5) is 4.39 Å². The van der Waals surface area contributed by atoms with Crippen LogP contribution in [0.5, 0.6) is 0 Å². The predicted octanol–water partition coefficient (Wildman–Crippen LogP) is 3.61. The SMILES string of the molecule is Cc1cc(C)c2oc3c(c(=O)c2c1)C(O)c1cc(F)ccc1-3. The zero-order valence-electron chi connectivity index (χ0n) is 12.1. The van der Waals surface area contributed by atoms with E-state index in [0.717, 1.165) is 11.1 Å². The normalized spacial score (nSPS) is 15.9. The number of fused-ring (bicyclic) bond motifs is 4. The van der Waals surface area contributed by atoms with Crippen molar-refractivity contribution in [1.82, 2.24) is 0 Å². The lowest BCUT2D eigenvalue weighted by Crippen LogP contribution is -2.12. The van der Waals surface area contributed by atoms with E-state index in [2.05, 4.69) is 0 Å². The van der Waals surface area contributed by atoms with Gasteiger partial charge < -0.3 is 9.52 Å². The van der Waals surface area contributed by atoms with Gasteiger partial charge in [-0.1, -0.05) is 6.07 Å². The summed E-state index contributed by atoms with van der Waals surface area (Å²) in [6.45, 7) is 3.78. The Morgan fingerprint density at radius 2 is 1.95 bits per heavy atom. The Bertz CT molecular complexity index is 1000. The molecule has 1 atom stereocenters. The number of halogens is 1. The number of aliphatic hydroxyl groups excluding tert-OH is 1. The van der Waals surface area contributed by atoms with Crippen LogP contribution in [0.15, 0.2) is 39.5 Å². The Morgan fingerprint density at radius 3 is 2.73 bits per heavy atom. The fourth-order valence-corrected chi connectivity index (χ4v) is 3.23. The standard InChI is InChI=1S/C18H13FO3/c1-8-5-9(2)17-13(6-8)16(21)14-15(20)12-7-10(19)3-4-11(12)18(14)22-17/h3-7,15,20H,1-2H3. The highest BCUT2D eigenvalue weighted by molar-refractivity contribution is 5.86. The highest BCUT2D eigenvalue weighted by Gasteiger charge is 2.33. The molecule has 22 heavy (non-hydrogen) atoms. The van der Waals surface area contributed by atoms with Gasteiger partial charge in [0.15, 0.2) is 5.43 Å². The average Bonchev–Trinajstić information content (AvgIpc) is 2.73. The van der Waals surface area contributed by atoms with Crippen LogP contribution in [0.25, 0.3) is 22.3 Å². The highest BCUT2D eigenvalue weighted by atomic mass is 19.1. The number of aryl methyl sites for hydroxylation is 2. The molecule has 3 nitrogen and oxygen atoms in total. The second-order valence-electron chi connectivity index (χ2n) is 5.77. The second kappa shape index (κ2) is 4.27. The monoisotopic (exact) mass is 296 g/mol. The maximum Gasteiger partial charge on any atom is 0.199 e. The minimum absolute atomic E-state index is 0.193. The molecule has 1 heterocycles. The van der Waals surface area contributed by atoms with E-state index in [9.17, 15) is 14.3 Å². The van der Waals surface area contributed by atoms with Gasteiger partial charge in [0.05, 0.1) is 10.9 Å². The van der Waals surface area contributed by atoms with Crippen molar-refractivity contribution in [2.75, 3.05) is 0 Å². The fraction of sp³-hybridized carbons (Fsp3) is 0.167. The van der Waals surface area contributed by atoms with E-state index < -0.39 is 11.9 Å². The third-order valence-electron chi connectivity index (χ3n) is 4.18. The minimum Gasteiger partial charge on any atom is -0.455 e. The summed E-state index contributed by atoms with van der Waals surface area (Å²) >= 11 is 0. The molecule has 0 amide bonds. The molecule has 0 spiro atoms. The number of hydrogen-bond donors (Lipinski definition) is 1. The zero-order valence-corrected chi connectivity index (χ0v) is 12.1. The molecule has 1 unspecified atom stereocenters. The Morgan fingerprint density at radius 1 is 1.18 bits per heavy atom. The molecule has 1 N–H and O–H groups in total. The van der Waals surface area contributed by atoms with Crippen molar-refractivity contribution in [2.45, 2.75) is 20.0 Å². The van der Waals surface area contributed by atoms with Crippen LogP contribution in [-0.4, -0.2) is 5.11 Å². The van der Waals surface area contributed by atoms with Gasteiger partial charge in [-0.2, -0.15) is 0 Å². The molecule has 1 aromatic heterocycles. The minimum atomic E-state index is -1.15. The summed E-state index contributed by atoms with van der Waals surface area (Å²) in [6, 6.07) is 7.78. The second-order valence-corrected chi connectivity index (χ2v) is 5.77. The molecule has 1 aliphatic rings. The van der Waals surface area contributed by atoms with E-state index >= 15 is 0 Å². The fourth-order valence-electron chi connectivity index (χ4n) is 3.23. The highest BCUT2D eigenvalue weighted by Crippen LogP contribution is 2.43. The summed E-state index contributed by atoms with van der Waals surface area (Å²) in [5, 5.41) is 10.9. The lowest BCUT2D eigenvalue weighted by atomic mass is 10.0. The van der Waals surface area contributed by atoms with Gasteiger partial charge in [-0.05, 0) is 54.8 Å². The van der Waals surface area contributed by atoms with Gasteiger partial charge in [-0.15, -0.1) is 0 Å². The van der Waals surface area contributed by atoms with Gasteiger partial charge in [0.2, 0.25) is 0 Å². The van der Waals surface area contributed by atoms with Crippen LogP contribution in [0, 0.1) is 19.7 Å². The molecule has 4 rings (SSSR count). The van der Waals surface area contributed by atoms with E-state index in [4.69, 9.17) is 4.42 Å². The van der Waals surface area contributed by atoms with Crippen LogP contribution in [-0.2, 0) is 0 Å². The van der Waals surface area contributed by atoms with Gasteiger partial charge in [0.25, 0.3) is 0 Å². The maximum absolute atomic E-state index is 13.4. The first-order valence-corrected chi connectivity index (χ1v) is 7.03. The Kier molecular flexibility index (Phi) is 2.57. The lowest BCUT2D eigenvalue weighted by molar-refractivity contribution is 0.222. The molecule has 0 radical (unpaired) electrons. The van der Waals surface area contributed by atoms with Crippen LogP contribution < -0.4 is 5.43 Å². The summed E-state index contributed by atoms with van der Waals surface area (Å²) in [7, 11) is 0. The van der Waals surface area contributed by atoms with E-state index in [1.54, 1.807) is 6.07 Å². The predicted molar refractivity (Wildman–Crippen MR) is 81.4 cm³/mol. The van der Waals surface area contributed by atoms with Crippen LogP contribution in [0.2, 0.25) is 0 Å². The van der Waals surface area contributed by atoms with Crippen LogP contribution >= 0.6 is 0 Å². The molecule has 0 aliphatic heterocycles. The summed E-state index contributed by atoms with van der Waals surface area (Å²) in [6.07, 6.45) is -1.15. The number of aliphatic hydroxyl groups is 1. The van der Waals surface area contributed by atoms with Crippen molar-refractivity contribution < 1.29 is 13.9 Å². The first-order chi connectivity index (χ1) is 10.5. The largest absolute Gasteiger partial charge is 0.455 e. The molecule has 110 valence electrons. The van der Waals surface area contributed by atoms with Crippen molar-refractivity contribution in [3.05, 3.63) is 68.6 Å². The average molecular weight is 296 g/mol. The van der Waals surface area contributed by atoms with Crippen molar-refractivity contribution in [3.63, 3.8) is 0 Å². The first-order valence-electron chi connectivity index (χ1n) is 7.03. The first kappa shape index (κ1) is 13.2. The van der Waals surface area contributed by atoms with Gasteiger partial charge in [-0.25, -0.2) is 4.39 Å². The maximum atomic E-state index is 13.4. The van der Waals surface area contributed by atoms with Crippen molar-refractivity contribution >= 4 is 11.0 Å². The molecule has 1 aliphatic carbocycles. The summed E-state index contributed by atoms with van der Waals surface area (Å²) in [5.74, 6) is -0.110. The van der Waals surface area contributed by atoms with E-state index in [1.807, 2.05) is 19.9 Å². The van der Waals surface area contributed by atoms with Gasteiger partial charge >= 0.3 is 0 Å². The molecule has 4 heteroatoms. The molecule has 3 aromatic rings. The van der Waals surface area contributed by atoms with E-state index in [-0.39, 0.29) is 11.0 Å². The Hall–Kier alpha value is -2.46. The Labute approximate surface area is 125 Å². The van der Waals surface area contributed by atoms with E-state index in [1.165, 1.54) is 18.2 Å². The Balaban J connectivity index is 2.16. The molecular weight excluding hydrogens is 283 g/mol. The molecule has 0 saturated heterocycles. The number of benzene rings is 2. The summed E-state index contributed by atoms with van der Waals surface area (Å²) < 4.78 is 19.4. The number of rotatable bonds is 0. The smallest absolute Gasteiger partial charge is 0.199 e. The van der Waals surface area contributed by atoms with Crippen molar-refractivity contribution in [3.8, 4) is 11.3 Å². The van der Waals surface area contributed by atoms with Gasteiger partial charge in [-0.3, -0.25) is 4.79 Å².